The first-order chi connectivity index (χ1) is 7.89. The van der Waals surface area contributed by atoms with Crippen LogP contribution in [0.5, 0.6) is 0 Å². The molecule has 0 rings (SSSR count). The monoisotopic (exact) mass is 254 g/mol. The van der Waals surface area contributed by atoms with E-state index in [1.807, 2.05) is 6.92 Å². The van der Waals surface area contributed by atoms with Crippen LogP contribution >= 0.6 is 0 Å². The molecular formula is C12H25F3N2. The zero-order valence-electron chi connectivity index (χ0n) is 11.1. The van der Waals surface area contributed by atoms with Gasteiger partial charge in [-0.3, -0.25) is 0 Å². The molecule has 0 bridgehead atoms. The van der Waals surface area contributed by atoms with E-state index in [2.05, 4.69) is 24.1 Å². The quantitative estimate of drug-likeness (QED) is 0.680. The first kappa shape index (κ1) is 16.7. The number of rotatable bonds is 9. The predicted molar refractivity (Wildman–Crippen MR) is 65.2 cm³/mol. The van der Waals surface area contributed by atoms with Crippen LogP contribution in [0.4, 0.5) is 13.2 Å². The lowest BCUT2D eigenvalue weighted by atomic mass is 10.1. The molecule has 0 aliphatic heterocycles. The Kier molecular flexibility index (Phi) is 8.60. The number of nitrogens with zero attached hydrogens (tertiary/aromatic N) is 1. The van der Waals surface area contributed by atoms with E-state index in [0.717, 1.165) is 26.2 Å². The molecule has 0 aromatic heterocycles. The van der Waals surface area contributed by atoms with Crippen molar-refractivity contribution in [2.45, 2.75) is 52.3 Å². The first-order valence-corrected chi connectivity index (χ1v) is 6.41. The highest BCUT2D eigenvalue weighted by atomic mass is 19.4. The maximum Gasteiger partial charge on any atom is 0.389 e. The summed E-state index contributed by atoms with van der Waals surface area (Å²) in [5.41, 5.74) is 0. The molecule has 0 aromatic carbocycles. The van der Waals surface area contributed by atoms with Crippen LogP contribution in [0.2, 0.25) is 0 Å². The third kappa shape index (κ3) is 10.6. The molecule has 2 nitrogen and oxygen atoms in total. The molecule has 0 aliphatic carbocycles. The van der Waals surface area contributed by atoms with Crippen molar-refractivity contribution in [3.05, 3.63) is 0 Å². The van der Waals surface area contributed by atoms with E-state index in [9.17, 15) is 13.2 Å². The standard InChI is InChI=1S/C12H25F3N2/c1-4-17(5-2)10-9-16-11(3)7-6-8-12(13,14)15/h11,16H,4-10H2,1-3H3. The molecule has 1 atom stereocenters. The van der Waals surface area contributed by atoms with E-state index in [4.69, 9.17) is 0 Å². The molecule has 0 heterocycles. The second-order valence-electron chi connectivity index (χ2n) is 4.39. The van der Waals surface area contributed by atoms with E-state index in [1.54, 1.807) is 0 Å². The van der Waals surface area contributed by atoms with Crippen LogP contribution in [0.1, 0.15) is 40.0 Å². The number of halogens is 3. The molecule has 0 aromatic rings. The summed E-state index contributed by atoms with van der Waals surface area (Å²) >= 11 is 0. The van der Waals surface area contributed by atoms with Gasteiger partial charge in [-0.2, -0.15) is 13.2 Å². The topological polar surface area (TPSA) is 15.3 Å². The summed E-state index contributed by atoms with van der Waals surface area (Å²) in [7, 11) is 0. The lowest BCUT2D eigenvalue weighted by molar-refractivity contribution is -0.135. The molecule has 0 aliphatic rings. The normalized spacial score (nSPS) is 14.3. The Balaban J connectivity index is 3.49. The van der Waals surface area contributed by atoms with E-state index in [-0.39, 0.29) is 12.5 Å². The van der Waals surface area contributed by atoms with Gasteiger partial charge in [-0.1, -0.05) is 13.8 Å². The highest BCUT2D eigenvalue weighted by Gasteiger charge is 2.26. The maximum atomic E-state index is 11.9. The van der Waals surface area contributed by atoms with Gasteiger partial charge in [0.15, 0.2) is 0 Å². The fourth-order valence-corrected chi connectivity index (χ4v) is 1.72. The molecule has 0 spiro atoms. The van der Waals surface area contributed by atoms with Gasteiger partial charge in [0.2, 0.25) is 0 Å². The summed E-state index contributed by atoms with van der Waals surface area (Å²) in [6.07, 6.45) is -3.89. The Bertz CT molecular complexity index is 179. The molecular weight excluding hydrogens is 229 g/mol. The van der Waals surface area contributed by atoms with Crippen molar-refractivity contribution >= 4 is 0 Å². The second kappa shape index (κ2) is 8.75. The zero-order chi connectivity index (χ0) is 13.3. The molecule has 5 heteroatoms. The minimum Gasteiger partial charge on any atom is -0.313 e. The lowest BCUT2D eigenvalue weighted by Gasteiger charge is -2.20. The van der Waals surface area contributed by atoms with Crippen molar-refractivity contribution < 1.29 is 13.2 Å². The SMILES string of the molecule is CCN(CC)CCNC(C)CCCC(F)(F)F. The van der Waals surface area contributed by atoms with Gasteiger partial charge < -0.3 is 10.2 Å². The molecule has 0 fully saturated rings. The molecule has 1 unspecified atom stereocenters. The molecule has 104 valence electrons. The lowest BCUT2D eigenvalue weighted by Crippen LogP contribution is -2.36. The van der Waals surface area contributed by atoms with Crippen LogP contribution in [0.3, 0.4) is 0 Å². The van der Waals surface area contributed by atoms with Crippen LogP contribution in [0.25, 0.3) is 0 Å². The Morgan fingerprint density at radius 3 is 2.24 bits per heavy atom. The smallest absolute Gasteiger partial charge is 0.313 e. The third-order valence-electron chi connectivity index (χ3n) is 2.91. The van der Waals surface area contributed by atoms with Gasteiger partial charge in [-0.05, 0) is 32.9 Å². The van der Waals surface area contributed by atoms with Crippen LogP contribution in [-0.4, -0.2) is 43.3 Å². The van der Waals surface area contributed by atoms with Crippen LogP contribution < -0.4 is 5.32 Å². The van der Waals surface area contributed by atoms with Gasteiger partial charge in [-0.25, -0.2) is 0 Å². The Morgan fingerprint density at radius 2 is 1.76 bits per heavy atom. The maximum absolute atomic E-state index is 11.9. The van der Waals surface area contributed by atoms with Crippen molar-refractivity contribution in [3.63, 3.8) is 0 Å². The van der Waals surface area contributed by atoms with Gasteiger partial charge in [0, 0.05) is 25.6 Å². The van der Waals surface area contributed by atoms with Crippen LogP contribution in [-0.2, 0) is 0 Å². The van der Waals surface area contributed by atoms with Crippen molar-refractivity contribution in [3.8, 4) is 0 Å². The average molecular weight is 254 g/mol. The number of hydrogen-bond acceptors (Lipinski definition) is 2. The van der Waals surface area contributed by atoms with Crippen molar-refractivity contribution in [1.29, 1.82) is 0 Å². The van der Waals surface area contributed by atoms with Gasteiger partial charge in [-0.15, -0.1) is 0 Å². The van der Waals surface area contributed by atoms with E-state index in [0.29, 0.717) is 6.42 Å². The van der Waals surface area contributed by atoms with Crippen LogP contribution in [0, 0.1) is 0 Å². The molecule has 0 saturated heterocycles. The highest BCUT2D eigenvalue weighted by molar-refractivity contribution is 4.64. The van der Waals surface area contributed by atoms with E-state index >= 15 is 0 Å². The van der Waals surface area contributed by atoms with E-state index in [1.165, 1.54) is 0 Å². The highest BCUT2D eigenvalue weighted by Crippen LogP contribution is 2.22. The minimum absolute atomic E-state index is 0.160. The Morgan fingerprint density at radius 1 is 1.18 bits per heavy atom. The fourth-order valence-electron chi connectivity index (χ4n) is 1.72. The summed E-state index contributed by atoms with van der Waals surface area (Å²) in [5, 5.41) is 3.26. The Labute approximate surface area is 103 Å². The largest absolute Gasteiger partial charge is 0.389 e. The summed E-state index contributed by atoms with van der Waals surface area (Å²) in [6.45, 7) is 9.98. The van der Waals surface area contributed by atoms with Crippen LogP contribution in [0.15, 0.2) is 0 Å². The van der Waals surface area contributed by atoms with Gasteiger partial charge in [0.25, 0.3) is 0 Å². The third-order valence-corrected chi connectivity index (χ3v) is 2.91. The summed E-state index contributed by atoms with van der Waals surface area (Å²) < 4.78 is 35.8. The number of likely N-dealkylation sites (N-methyl/N-ethyl adjacent to an activating group) is 1. The number of hydrogen-bond donors (Lipinski definition) is 1. The summed E-state index contributed by atoms with van der Waals surface area (Å²) in [5.74, 6) is 0. The van der Waals surface area contributed by atoms with Gasteiger partial charge in [0.05, 0.1) is 0 Å². The molecule has 17 heavy (non-hydrogen) atoms. The van der Waals surface area contributed by atoms with E-state index < -0.39 is 12.6 Å². The molecule has 0 radical (unpaired) electrons. The summed E-state index contributed by atoms with van der Waals surface area (Å²) in [4.78, 5) is 2.29. The average Bonchev–Trinajstić information content (AvgIpc) is 2.22. The second-order valence-corrected chi connectivity index (χ2v) is 4.39. The number of nitrogens with one attached hydrogen (secondary N) is 1. The Hall–Kier alpha value is -0.290. The number of alkyl halides is 3. The van der Waals surface area contributed by atoms with Gasteiger partial charge in [0.1, 0.15) is 0 Å². The van der Waals surface area contributed by atoms with Crippen molar-refractivity contribution in [2.24, 2.45) is 0 Å². The van der Waals surface area contributed by atoms with Crippen molar-refractivity contribution in [2.75, 3.05) is 26.2 Å². The fraction of sp³-hybridized carbons (Fsp3) is 1.00. The summed E-state index contributed by atoms with van der Waals surface area (Å²) in [6, 6.07) is 0.160. The minimum atomic E-state index is -4.01. The van der Waals surface area contributed by atoms with Gasteiger partial charge >= 0.3 is 6.18 Å². The van der Waals surface area contributed by atoms with Crippen molar-refractivity contribution in [1.82, 2.24) is 10.2 Å². The zero-order valence-corrected chi connectivity index (χ0v) is 11.1. The molecule has 1 N–H and O–H groups in total. The molecule has 0 saturated carbocycles. The predicted octanol–water partition coefficient (Wildman–Crippen LogP) is 3.04. The first-order valence-electron chi connectivity index (χ1n) is 6.41. The molecule has 0 amide bonds.